The molecular formula is C23H24N6O3S. The molecule has 4 rings (SSSR count). The Morgan fingerprint density at radius 2 is 1.82 bits per heavy atom. The van der Waals surface area contributed by atoms with Gasteiger partial charge in [-0.1, -0.05) is 30.3 Å². The molecule has 0 aliphatic heterocycles. The number of nitrogens with one attached hydrogen (secondary N) is 1. The lowest BCUT2D eigenvalue weighted by Crippen LogP contribution is -2.27. The highest BCUT2D eigenvalue weighted by Crippen LogP contribution is 2.17. The molecule has 2 aromatic heterocycles. The van der Waals surface area contributed by atoms with Gasteiger partial charge in [-0.15, -0.1) is 5.10 Å². The molecule has 0 radical (unpaired) electrons. The van der Waals surface area contributed by atoms with E-state index in [9.17, 15) is 13.2 Å². The van der Waals surface area contributed by atoms with Crippen LogP contribution in [0.1, 0.15) is 33.3 Å². The van der Waals surface area contributed by atoms with Crippen molar-refractivity contribution in [2.24, 2.45) is 5.14 Å². The van der Waals surface area contributed by atoms with Crippen LogP contribution in [0.4, 0.5) is 0 Å². The second kappa shape index (κ2) is 9.00. The zero-order chi connectivity index (χ0) is 23.6. The van der Waals surface area contributed by atoms with Gasteiger partial charge in [0.05, 0.1) is 17.1 Å². The first-order valence-corrected chi connectivity index (χ1v) is 11.8. The fourth-order valence-corrected chi connectivity index (χ4v) is 3.98. The second-order valence-corrected chi connectivity index (χ2v) is 9.39. The summed E-state index contributed by atoms with van der Waals surface area (Å²) in [6.45, 7) is 2.36. The normalized spacial score (nSPS) is 11.5. The number of nitrogens with two attached hydrogens (primary N) is 1. The van der Waals surface area contributed by atoms with E-state index in [0.717, 1.165) is 16.8 Å². The molecule has 0 saturated heterocycles. The number of carbonyl (C=O) groups is 1. The predicted molar refractivity (Wildman–Crippen MR) is 123 cm³/mol. The Labute approximate surface area is 191 Å². The summed E-state index contributed by atoms with van der Waals surface area (Å²) in [6, 6.07) is 17.7. The first kappa shape index (κ1) is 22.4. The molecule has 4 aromatic rings. The number of primary sulfonamides is 1. The molecule has 9 nitrogen and oxygen atoms in total. The molecule has 1 amide bonds. The molecule has 170 valence electrons. The zero-order valence-corrected chi connectivity index (χ0v) is 19.1. The molecule has 0 aliphatic rings. The highest BCUT2D eigenvalue weighted by atomic mass is 32.2. The van der Waals surface area contributed by atoms with Gasteiger partial charge in [0.1, 0.15) is 5.82 Å². The van der Waals surface area contributed by atoms with Crippen LogP contribution in [0.15, 0.2) is 71.8 Å². The van der Waals surface area contributed by atoms with Gasteiger partial charge in [-0.05, 0) is 48.4 Å². The lowest BCUT2D eigenvalue weighted by molar-refractivity contribution is 0.0771. The smallest absolute Gasteiger partial charge is 0.293 e. The highest BCUT2D eigenvalue weighted by molar-refractivity contribution is 7.89. The molecule has 0 aliphatic carbocycles. The maximum Gasteiger partial charge on any atom is 0.293 e. The van der Waals surface area contributed by atoms with Crippen molar-refractivity contribution < 1.29 is 13.2 Å². The van der Waals surface area contributed by atoms with Crippen LogP contribution in [0.3, 0.4) is 0 Å². The fraction of sp³-hybridized carbons (Fsp3) is 0.174. The summed E-state index contributed by atoms with van der Waals surface area (Å²) in [5.74, 6) is 0.288. The average molecular weight is 465 g/mol. The van der Waals surface area contributed by atoms with Gasteiger partial charge in [0.25, 0.3) is 5.91 Å². The van der Waals surface area contributed by atoms with Crippen molar-refractivity contribution in [1.82, 2.24) is 24.6 Å². The Balaban J connectivity index is 1.68. The van der Waals surface area contributed by atoms with E-state index in [1.807, 2.05) is 49.5 Å². The van der Waals surface area contributed by atoms with Crippen LogP contribution >= 0.6 is 0 Å². The number of aryl methyl sites for hydroxylation is 1. The van der Waals surface area contributed by atoms with Crippen molar-refractivity contribution in [3.05, 3.63) is 95.3 Å². The summed E-state index contributed by atoms with van der Waals surface area (Å²) in [5, 5.41) is 9.66. The number of nitrogens with zero attached hydrogens (tertiary/aromatic N) is 4. The van der Waals surface area contributed by atoms with Crippen molar-refractivity contribution >= 4 is 15.9 Å². The Morgan fingerprint density at radius 3 is 2.42 bits per heavy atom. The van der Waals surface area contributed by atoms with Crippen LogP contribution in [0, 0.1) is 6.92 Å². The van der Waals surface area contributed by atoms with Gasteiger partial charge in [0, 0.05) is 25.4 Å². The van der Waals surface area contributed by atoms with Gasteiger partial charge in [0.15, 0.2) is 0 Å². The van der Waals surface area contributed by atoms with E-state index in [4.69, 9.17) is 5.14 Å². The van der Waals surface area contributed by atoms with Gasteiger partial charge < -0.3 is 9.88 Å². The first-order valence-electron chi connectivity index (χ1n) is 10.2. The van der Waals surface area contributed by atoms with Gasteiger partial charge >= 0.3 is 0 Å². The van der Waals surface area contributed by atoms with E-state index in [0.29, 0.717) is 24.5 Å². The van der Waals surface area contributed by atoms with E-state index in [1.165, 1.54) is 12.1 Å². The number of H-pyrrole nitrogens is 1. The number of sulfonamides is 1. The topological polar surface area (TPSA) is 127 Å². The lowest BCUT2D eigenvalue weighted by atomic mass is 10.1. The maximum absolute atomic E-state index is 13.1. The number of hydrogen-bond acceptors (Lipinski definition) is 5. The van der Waals surface area contributed by atoms with Crippen LogP contribution in [0.5, 0.6) is 0 Å². The van der Waals surface area contributed by atoms with E-state index in [-0.39, 0.29) is 16.6 Å². The molecule has 2 heterocycles. The molecule has 0 atom stereocenters. The van der Waals surface area contributed by atoms with Crippen LogP contribution in [0.25, 0.3) is 5.69 Å². The molecule has 0 unspecified atom stereocenters. The predicted octanol–water partition coefficient (Wildman–Crippen LogP) is 2.41. The molecule has 2 aromatic carbocycles. The summed E-state index contributed by atoms with van der Waals surface area (Å²) in [7, 11) is -2.13. The van der Waals surface area contributed by atoms with Gasteiger partial charge in [-0.2, -0.15) is 0 Å². The van der Waals surface area contributed by atoms with E-state index >= 15 is 0 Å². The first-order chi connectivity index (χ1) is 15.7. The average Bonchev–Trinajstić information content (AvgIpc) is 3.39. The van der Waals surface area contributed by atoms with E-state index in [1.54, 1.807) is 28.8 Å². The number of aromatic nitrogens is 4. The zero-order valence-electron chi connectivity index (χ0n) is 18.3. The van der Waals surface area contributed by atoms with Crippen molar-refractivity contribution in [1.29, 1.82) is 0 Å². The summed E-state index contributed by atoms with van der Waals surface area (Å²) >= 11 is 0. The molecule has 3 N–H and O–H groups in total. The number of hydrogen-bond donors (Lipinski definition) is 2. The molecule has 0 bridgehead atoms. The number of benzene rings is 2. The molecule has 0 saturated carbocycles. The Kier molecular flexibility index (Phi) is 6.12. The quantitative estimate of drug-likeness (QED) is 0.434. The molecule has 10 heteroatoms. The molecule has 0 spiro atoms. The lowest BCUT2D eigenvalue weighted by Gasteiger charge is -2.14. The summed E-state index contributed by atoms with van der Waals surface area (Å²) in [4.78, 5) is 22.3. The number of amides is 1. The van der Waals surface area contributed by atoms with Crippen LogP contribution in [-0.4, -0.2) is 46.0 Å². The number of rotatable bonds is 7. The van der Waals surface area contributed by atoms with Gasteiger partial charge in [-0.25, -0.2) is 23.2 Å². The monoisotopic (exact) mass is 464 g/mol. The molecular weight excluding hydrogens is 440 g/mol. The highest BCUT2D eigenvalue weighted by Gasteiger charge is 2.21. The third-order valence-corrected chi connectivity index (χ3v) is 6.05. The van der Waals surface area contributed by atoms with Crippen LogP contribution < -0.4 is 5.14 Å². The minimum absolute atomic E-state index is 0.00625. The van der Waals surface area contributed by atoms with Gasteiger partial charge in [-0.3, -0.25) is 4.79 Å². The Morgan fingerprint density at radius 1 is 1.12 bits per heavy atom. The standard InChI is InChI=1S/C23H24N6O3S/c1-16-12-18(25-14-16)15-28(2)23(30)22-26-21(13-17-6-4-3-5-7-17)29(27-22)19-8-10-20(11-9-19)33(24,31)32/h3-12,14,25H,13,15H2,1-2H3,(H2,24,31,32). The summed E-state index contributed by atoms with van der Waals surface area (Å²) in [6.07, 6.45) is 2.32. The third kappa shape index (κ3) is 5.18. The van der Waals surface area contributed by atoms with Crippen molar-refractivity contribution in [3.8, 4) is 5.69 Å². The van der Waals surface area contributed by atoms with Crippen molar-refractivity contribution in [2.45, 2.75) is 24.8 Å². The minimum Gasteiger partial charge on any atom is -0.363 e. The Hall–Kier alpha value is -3.76. The van der Waals surface area contributed by atoms with Crippen LogP contribution in [0.2, 0.25) is 0 Å². The van der Waals surface area contributed by atoms with E-state index < -0.39 is 10.0 Å². The van der Waals surface area contributed by atoms with E-state index in [2.05, 4.69) is 15.1 Å². The number of carbonyl (C=O) groups excluding carboxylic acids is 1. The summed E-state index contributed by atoms with van der Waals surface area (Å²) in [5.41, 5.74) is 3.57. The summed E-state index contributed by atoms with van der Waals surface area (Å²) < 4.78 is 24.8. The SMILES string of the molecule is Cc1c[nH]c(CN(C)C(=O)c2nc(Cc3ccccc3)n(-c3ccc(S(N)(=O)=O)cc3)n2)c1. The van der Waals surface area contributed by atoms with Crippen molar-refractivity contribution in [3.63, 3.8) is 0 Å². The molecule has 0 fully saturated rings. The van der Waals surface area contributed by atoms with Gasteiger partial charge in [0.2, 0.25) is 15.8 Å². The Bertz CT molecular complexity index is 1380. The van der Waals surface area contributed by atoms with Crippen LogP contribution in [-0.2, 0) is 23.0 Å². The fourth-order valence-electron chi connectivity index (χ4n) is 3.47. The maximum atomic E-state index is 13.1. The number of aromatic amines is 1. The third-order valence-electron chi connectivity index (χ3n) is 5.12. The minimum atomic E-state index is -3.82. The van der Waals surface area contributed by atoms with Crippen molar-refractivity contribution in [2.75, 3.05) is 7.05 Å². The molecule has 33 heavy (non-hydrogen) atoms. The largest absolute Gasteiger partial charge is 0.363 e. The second-order valence-electron chi connectivity index (χ2n) is 7.83.